The monoisotopic (exact) mass is 306 g/mol. The second kappa shape index (κ2) is 8.58. The molecule has 1 aliphatic rings. The first kappa shape index (κ1) is 17.3. The molecule has 2 heterocycles. The summed E-state index contributed by atoms with van der Waals surface area (Å²) in [5, 5.41) is 13.5. The number of aliphatic hydroxyl groups excluding tert-OH is 1. The highest BCUT2D eigenvalue weighted by Crippen LogP contribution is 2.18. The largest absolute Gasteiger partial charge is 0.390 e. The molecule has 1 aromatic heterocycles. The van der Waals surface area contributed by atoms with Crippen molar-refractivity contribution in [2.45, 2.75) is 32.0 Å². The lowest BCUT2D eigenvalue weighted by molar-refractivity contribution is 0.105. The van der Waals surface area contributed by atoms with E-state index in [1.54, 1.807) is 0 Å². The summed E-state index contributed by atoms with van der Waals surface area (Å²) in [6, 6.07) is 6.59. The van der Waals surface area contributed by atoms with Gasteiger partial charge in [0.15, 0.2) is 0 Å². The van der Waals surface area contributed by atoms with Crippen LogP contribution in [0.2, 0.25) is 0 Å². The predicted octanol–water partition coefficient (Wildman–Crippen LogP) is 0.804. The first-order chi connectivity index (χ1) is 10.5. The molecule has 5 nitrogen and oxygen atoms in total. The number of piperidine rings is 1. The number of nitrogens with one attached hydrogen (secondary N) is 1. The van der Waals surface area contributed by atoms with Crippen molar-refractivity contribution in [3.8, 4) is 0 Å². The third kappa shape index (κ3) is 5.65. The molecule has 2 rings (SSSR count). The zero-order valence-corrected chi connectivity index (χ0v) is 14.1. The number of pyridine rings is 1. The van der Waals surface area contributed by atoms with Crippen molar-refractivity contribution in [2.75, 3.05) is 40.3 Å². The molecule has 3 atom stereocenters. The van der Waals surface area contributed by atoms with Crippen molar-refractivity contribution < 1.29 is 5.11 Å². The minimum absolute atomic E-state index is 0.297. The van der Waals surface area contributed by atoms with Crippen LogP contribution >= 0.6 is 0 Å². The first-order valence-corrected chi connectivity index (χ1v) is 8.23. The van der Waals surface area contributed by atoms with Gasteiger partial charge < -0.3 is 15.3 Å². The summed E-state index contributed by atoms with van der Waals surface area (Å²) < 4.78 is 0. The fraction of sp³-hybridized carbons (Fsp3) is 0.706. The highest BCUT2D eigenvalue weighted by Gasteiger charge is 2.26. The lowest BCUT2D eigenvalue weighted by Crippen LogP contribution is -2.50. The molecule has 0 spiro atoms. The zero-order valence-electron chi connectivity index (χ0n) is 14.1. The van der Waals surface area contributed by atoms with Gasteiger partial charge in [-0.05, 0) is 38.6 Å². The Morgan fingerprint density at radius 3 is 2.91 bits per heavy atom. The van der Waals surface area contributed by atoms with Crippen LogP contribution in [-0.4, -0.2) is 72.3 Å². The molecular weight excluding hydrogens is 276 g/mol. The van der Waals surface area contributed by atoms with Gasteiger partial charge in [-0.15, -0.1) is 0 Å². The van der Waals surface area contributed by atoms with Crippen molar-refractivity contribution in [3.63, 3.8) is 0 Å². The smallest absolute Gasteiger partial charge is 0.0791 e. The number of hydrogen-bond acceptors (Lipinski definition) is 5. The summed E-state index contributed by atoms with van der Waals surface area (Å²) in [5.41, 5.74) is 1.14. The molecule has 0 aromatic carbocycles. The number of aromatic nitrogens is 1. The summed E-state index contributed by atoms with van der Waals surface area (Å²) in [7, 11) is 3.98. The maximum absolute atomic E-state index is 9.96. The molecule has 1 saturated heterocycles. The number of aliphatic hydroxyl groups is 1. The minimum atomic E-state index is -0.297. The Morgan fingerprint density at radius 1 is 1.45 bits per heavy atom. The molecular formula is C17H30N4O. The maximum atomic E-state index is 9.96. The van der Waals surface area contributed by atoms with Gasteiger partial charge in [-0.2, -0.15) is 0 Å². The fourth-order valence-corrected chi connectivity index (χ4v) is 3.17. The average molecular weight is 306 g/mol. The van der Waals surface area contributed by atoms with Crippen LogP contribution < -0.4 is 5.32 Å². The fourth-order valence-electron chi connectivity index (χ4n) is 3.17. The van der Waals surface area contributed by atoms with Crippen LogP contribution in [0.5, 0.6) is 0 Å². The van der Waals surface area contributed by atoms with Crippen molar-refractivity contribution in [1.29, 1.82) is 0 Å². The highest BCUT2D eigenvalue weighted by atomic mass is 16.3. The Balaban J connectivity index is 1.73. The van der Waals surface area contributed by atoms with Crippen LogP contribution in [-0.2, 0) is 6.54 Å². The van der Waals surface area contributed by atoms with Crippen molar-refractivity contribution in [3.05, 3.63) is 30.1 Å². The molecule has 1 fully saturated rings. The molecule has 1 aromatic rings. The molecule has 5 heteroatoms. The van der Waals surface area contributed by atoms with E-state index in [1.807, 2.05) is 37.3 Å². The average Bonchev–Trinajstić information content (AvgIpc) is 2.47. The van der Waals surface area contributed by atoms with E-state index in [-0.39, 0.29) is 6.10 Å². The van der Waals surface area contributed by atoms with Gasteiger partial charge in [0.05, 0.1) is 11.8 Å². The maximum Gasteiger partial charge on any atom is 0.0791 e. The SMILES string of the molecule is CC1CN(Cc2ccccn2)CCC1NCC(O)CN(C)C. The van der Waals surface area contributed by atoms with Gasteiger partial charge in [-0.1, -0.05) is 13.0 Å². The first-order valence-electron chi connectivity index (χ1n) is 8.23. The molecule has 124 valence electrons. The van der Waals surface area contributed by atoms with Crippen molar-refractivity contribution >= 4 is 0 Å². The topological polar surface area (TPSA) is 51.6 Å². The predicted molar refractivity (Wildman–Crippen MR) is 89.6 cm³/mol. The van der Waals surface area contributed by atoms with Crippen LogP contribution in [0, 0.1) is 5.92 Å². The van der Waals surface area contributed by atoms with Gasteiger partial charge in [-0.25, -0.2) is 0 Å². The number of nitrogens with zero attached hydrogens (tertiary/aromatic N) is 3. The summed E-state index contributed by atoms with van der Waals surface area (Å²) in [4.78, 5) is 8.90. The van der Waals surface area contributed by atoms with Gasteiger partial charge >= 0.3 is 0 Å². The second-order valence-corrected chi connectivity index (χ2v) is 6.75. The number of hydrogen-bond donors (Lipinski definition) is 2. The molecule has 0 saturated carbocycles. The van der Waals surface area contributed by atoms with Crippen LogP contribution in [0.1, 0.15) is 19.0 Å². The van der Waals surface area contributed by atoms with E-state index in [0.29, 0.717) is 25.0 Å². The second-order valence-electron chi connectivity index (χ2n) is 6.75. The van der Waals surface area contributed by atoms with Crippen molar-refractivity contribution in [1.82, 2.24) is 20.1 Å². The van der Waals surface area contributed by atoms with Gasteiger partial charge in [0.2, 0.25) is 0 Å². The van der Waals surface area contributed by atoms with E-state index in [2.05, 4.69) is 28.2 Å². The van der Waals surface area contributed by atoms with Crippen LogP contribution in [0.15, 0.2) is 24.4 Å². The van der Waals surface area contributed by atoms with Crippen LogP contribution in [0.25, 0.3) is 0 Å². The number of rotatable bonds is 7. The van der Waals surface area contributed by atoms with Gasteiger partial charge in [0.1, 0.15) is 0 Å². The molecule has 22 heavy (non-hydrogen) atoms. The van der Waals surface area contributed by atoms with Gasteiger partial charge in [0, 0.05) is 45.0 Å². The quantitative estimate of drug-likeness (QED) is 0.780. The van der Waals surface area contributed by atoms with E-state index in [0.717, 1.165) is 31.7 Å². The molecule has 3 unspecified atom stereocenters. The van der Waals surface area contributed by atoms with E-state index in [4.69, 9.17) is 0 Å². The van der Waals surface area contributed by atoms with Gasteiger partial charge in [-0.3, -0.25) is 9.88 Å². The highest BCUT2D eigenvalue weighted by molar-refractivity contribution is 5.03. The molecule has 0 aliphatic carbocycles. The lowest BCUT2D eigenvalue weighted by atomic mass is 9.93. The van der Waals surface area contributed by atoms with E-state index < -0.39 is 0 Å². The van der Waals surface area contributed by atoms with Gasteiger partial charge in [0.25, 0.3) is 0 Å². The number of likely N-dealkylation sites (N-methyl/N-ethyl adjacent to an activating group) is 1. The molecule has 2 N–H and O–H groups in total. The Hall–Kier alpha value is -1.01. The summed E-state index contributed by atoms with van der Waals surface area (Å²) in [6.45, 7) is 6.77. The normalized spacial score (nSPS) is 24.6. The van der Waals surface area contributed by atoms with Crippen LogP contribution in [0.4, 0.5) is 0 Å². The summed E-state index contributed by atoms with van der Waals surface area (Å²) >= 11 is 0. The number of likely N-dealkylation sites (tertiary alicyclic amines) is 1. The summed E-state index contributed by atoms with van der Waals surface area (Å²) in [6.07, 6.45) is 2.69. The minimum Gasteiger partial charge on any atom is -0.390 e. The molecule has 0 bridgehead atoms. The zero-order chi connectivity index (χ0) is 15.9. The van der Waals surface area contributed by atoms with Crippen LogP contribution in [0.3, 0.4) is 0 Å². The standard InChI is InChI=1S/C17H30N4O/c1-14-11-21(12-15-6-4-5-8-18-15)9-7-17(14)19-10-16(22)13-20(2)3/h4-6,8,14,16-17,19,22H,7,9-13H2,1-3H3. The molecule has 0 amide bonds. The van der Waals surface area contributed by atoms with E-state index in [9.17, 15) is 5.11 Å². The molecule has 1 aliphatic heterocycles. The Morgan fingerprint density at radius 2 is 2.27 bits per heavy atom. The third-order valence-corrected chi connectivity index (χ3v) is 4.29. The Bertz CT molecular complexity index is 426. The van der Waals surface area contributed by atoms with E-state index >= 15 is 0 Å². The van der Waals surface area contributed by atoms with E-state index in [1.165, 1.54) is 0 Å². The summed E-state index contributed by atoms with van der Waals surface area (Å²) in [5.74, 6) is 0.587. The van der Waals surface area contributed by atoms with Crippen molar-refractivity contribution in [2.24, 2.45) is 5.92 Å². The molecule has 0 radical (unpaired) electrons. The Labute approximate surface area is 134 Å². The Kier molecular flexibility index (Phi) is 6.76. The third-order valence-electron chi connectivity index (χ3n) is 4.29. The lowest BCUT2D eigenvalue weighted by Gasteiger charge is -2.37.